The first-order valence-corrected chi connectivity index (χ1v) is 9.46. The second-order valence-corrected chi connectivity index (χ2v) is 8.10. The van der Waals surface area contributed by atoms with Crippen LogP contribution in [0.3, 0.4) is 0 Å². The number of hydrogen-bond acceptors (Lipinski definition) is 2. The molecule has 0 N–H and O–H groups in total. The van der Waals surface area contributed by atoms with Gasteiger partial charge in [0.05, 0.1) is 5.25 Å². The molecule has 0 aliphatic carbocycles. The Balaban J connectivity index is 4.30. The van der Waals surface area contributed by atoms with Crippen molar-refractivity contribution in [1.82, 2.24) is 4.31 Å². The van der Waals surface area contributed by atoms with E-state index in [0.29, 0.717) is 13.1 Å². The second-order valence-electron chi connectivity index (χ2n) is 5.61. The zero-order valence-corrected chi connectivity index (χ0v) is 14.1. The summed E-state index contributed by atoms with van der Waals surface area (Å²) in [5.74, 6) is 0. The van der Waals surface area contributed by atoms with Gasteiger partial charge in [-0.3, -0.25) is 0 Å². The third-order valence-electron chi connectivity index (χ3n) is 3.48. The van der Waals surface area contributed by atoms with E-state index in [1.54, 1.807) is 18.2 Å². The molecule has 19 heavy (non-hydrogen) atoms. The summed E-state index contributed by atoms with van der Waals surface area (Å²) in [4.78, 5) is 0. The molecule has 0 heterocycles. The molecule has 0 aromatic rings. The van der Waals surface area contributed by atoms with Crippen LogP contribution < -0.4 is 0 Å². The Morgan fingerprint density at radius 3 is 1.53 bits per heavy atom. The molecule has 0 atom stereocenters. The van der Waals surface area contributed by atoms with Crippen molar-refractivity contribution in [2.75, 3.05) is 13.1 Å². The Kier molecular flexibility index (Phi) is 10.6. The highest BCUT2D eigenvalue weighted by Gasteiger charge is 2.24. The Morgan fingerprint density at radius 2 is 1.21 bits per heavy atom. The summed E-state index contributed by atoms with van der Waals surface area (Å²) in [6.07, 6.45) is 9.03. The molecule has 0 amide bonds. The van der Waals surface area contributed by atoms with Gasteiger partial charge >= 0.3 is 0 Å². The highest BCUT2D eigenvalue weighted by molar-refractivity contribution is 7.89. The van der Waals surface area contributed by atoms with Crippen LogP contribution in [0.25, 0.3) is 0 Å². The van der Waals surface area contributed by atoms with Crippen molar-refractivity contribution in [2.45, 2.75) is 84.3 Å². The van der Waals surface area contributed by atoms with Gasteiger partial charge in [0.1, 0.15) is 0 Å². The molecule has 0 radical (unpaired) electrons. The van der Waals surface area contributed by atoms with Crippen LogP contribution in [0.5, 0.6) is 0 Å². The standard InChI is InChI=1S/C15H33NO2S/c1-5-7-9-11-13-16(14-12-10-8-6-2)19(17,18)15(3)4/h15H,5-14H2,1-4H3. The van der Waals surface area contributed by atoms with Crippen molar-refractivity contribution in [3.8, 4) is 0 Å². The van der Waals surface area contributed by atoms with Gasteiger partial charge in [0, 0.05) is 13.1 Å². The van der Waals surface area contributed by atoms with Crippen molar-refractivity contribution in [3.05, 3.63) is 0 Å². The lowest BCUT2D eigenvalue weighted by atomic mass is 10.2. The van der Waals surface area contributed by atoms with Crippen LogP contribution in [0.4, 0.5) is 0 Å². The van der Waals surface area contributed by atoms with E-state index in [1.165, 1.54) is 25.7 Å². The first-order chi connectivity index (χ1) is 8.96. The molecule has 0 saturated carbocycles. The summed E-state index contributed by atoms with van der Waals surface area (Å²) < 4.78 is 26.3. The van der Waals surface area contributed by atoms with E-state index in [-0.39, 0.29) is 5.25 Å². The maximum Gasteiger partial charge on any atom is 0.216 e. The van der Waals surface area contributed by atoms with Crippen LogP contribution in [0.15, 0.2) is 0 Å². The van der Waals surface area contributed by atoms with Gasteiger partial charge in [-0.25, -0.2) is 12.7 Å². The molecule has 0 unspecified atom stereocenters. The third-order valence-corrected chi connectivity index (χ3v) is 5.75. The predicted molar refractivity (Wildman–Crippen MR) is 83.9 cm³/mol. The molecular formula is C15H33NO2S. The molecule has 3 nitrogen and oxygen atoms in total. The van der Waals surface area contributed by atoms with Crippen molar-refractivity contribution < 1.29 is 8.42 Å². The largest absolute Gasteiger partial charge is 0.216 e. The average Bonchev–Trinajstić information content (AvgIpc) is 2.36. The molecule has 0 aromatic carbocycles. The van der Waals surface area contributed by atoms with Gasteiger partial charge in [0.25, 0.3) is 0 Å². The fraction of sp³-hybridized carbons (Fsp3) is 1.00. The van der Waals surface area contributed by atoms with E-state index in [9.17, 15) is 8.42 Å². The van der Waals surface area contributed by atoms with Gasteiger partial charge in [0.2, 0.25) is 10.0 Å². The maximum absolute atomic E-state index is 12.3. The quantitative estimate of drug-likeness (QED) is 0.506. The zero-order valence-electron chi connectivity index (χ0n) is 13.3. The Bertz CT molecular complexity index is 287. The zero-order chi connectivity index (χ0) is 14.7. The molecule has 0 saturated heterocycles. The molecule has 0 rings (SSSR count). The molecule has 0 bridgehead atoms. The summed E-state index contributed by atoms with van der Waals surface area (Å²) in [5.41, 5.74) is 0. The minimum absolute atomic E-state index is 0.301. The Labute approximate surface area is 120 Å². The van der Waals surface area contributed by atoms with E-state index < -0.39 is 10.0 Å². The van der Waals surface area contributed by atoms with Gasteiger partial charge in [-0.05, 0) is 26.7 Å². The highest BCUT2D eigenvalue weighted by atomic mass is 32.2. The van der Waals surface area contributed by atoms with Gasteiger partial charge in [0.15, 0.2) is 0 Å². The monoisotopic (exact) mass is 291 g/mol. The van der Waals surface area contributed by atoms with Crippen LogP contribution in [-0.4, -0.2) is 31.1 Å². The van der Waals surface area contributed by atoms with E-state index in [4.69, 9.17) is 0 Å². The molecule has 4 heteroatoms. The second kappa shape index (κ2) is 10.7. The van der Waals surface area contributed by atoms with E-state index >= 15 is 0 Å². The van der Waals surface area contributed by atoms with Gasteiger partial charge in [-0.15, -0.1) is 0 Å². The average molecular weight is 292 g/mol. The van der Waals surface area contributed by atoms with E-state index in [1.807, 2.05) is 0 Å². The number of unbranched alkanes of at least 4 members (excludes halogenated alkanes) is 6. The summed E-state index contributed by atoms with van der Waals surface area (Å²) in [7, 11) is -3.08. The summed E-state index contributed by atoms with van der Waals surface area (Å²) in [6.45, 7) is 9.31. The van der Waals surface area contributed by atoms with Gasteiger partial charge in [-0.1, -0.05) is 52.4 Å². The number of rotatable bonds is 12. The normalized spacial score (nSPS) is 12.5. The van der Waals surface area contributed by atoms with Crippen molar-refractivity contribution in [1.29, 1.82) is 0 Å². The van der Waals surface area contributed by atoms with Gasteiger partial charge < -0.3 is 0 Å². The first-order valence-electron chi connectivity index (χ1n) is 7.95. The molecule has 0 spiro atoms. The number of nitrogens with zero attached hydrogens (tertiary/aromatic N) is 1. The van der Waals surface area contributed by atoms with Crippen molar-refractivity contribution >= 4 is 10.0 Å². The molecule has 0 fully saturated rings. The number of sulfonamides is 1. The van der Waals surface area contributed by atoms with Crippen molar-refractivity contribution in [3.63, 3.8) is 0 Å². The Morgan fingerprint density at radius 1 is 0.789 bits per heavy atom. The predicted octanol–water partition coefficient (Wildman–Crippen LogP) is 4.19. The fourth-order valence-corrected chi connectivity index (χ4v) is 3.46. The molecule has 116 valence electrons. The molecular weight excluding hydrogens is 258 g/mol. The topological polar surface area (TPSA) is 37.4 Å². The van der Waals surface area contributed by atoms with Gasteiger partial charge in [-0.2, -0.15) is 0 Å². The number of hydrogen-bond donors (Lipinski definition) is 0. The lowest BCUT2D eigenvalue weighted by Crippen LogP contribution is -2.37. The van der Waals surface area contributed by atoms with Crippen LogP contribution in [-0.2, 0) is 10.0 Å². The smallest absolute Gasteiger partial charge is 0.212 e. The van der Waals surface area contributed by atoms with Crippen LogP contribution in [0.1, 0.15) is 79.1 Å². The maximum atomic E-state index is 12.3. The molecule has 0 aliphatic rings. The minimum atomic E-state index is -3.08. The van der Waals surface area contributed by atoms with Crippen LogP contribution in [0.2, 0.25) is 0 Å². The lowest BCUT2D eigenvalue weighted by molar-refractivity contribution is 0.382. The van der Waals surface area contributed by atoms with Crippen LogP contribution >= 0.6 is 0 Å². The van der Waals surface area contributed by atoms with Crippen molar-refractivity contribution in [2.24, 2.45) is 0 Å². The molecule has 0 aromatic heterocycles. The minimum Gasteiger partial charge on any atom is -0.212 e. The SMILES string of the molecule is CCCCCCN(CCCCCC)S(=O)(=O)C(C)C. The third kappa shape index (κ3) is 7.93. The summed E-state index contributed by atoms with van der Waals surface area (Å²) >= 11 is 0. The van der Waals surface area contributed by atoms with Crippen LogP contribution in [0, 0.1) is 0 Å². The first kappa shape index (κ1) is 18.9. The lowest BCUT2D eigenvalue weighted by Gasteiger charge is -2.24. The fourth-order valence-electron chi connectivity index (χ4n) is 2.09. The molecule has 0 aliphatic heterocycles. The van der Waals surface area contributed by atoms with E-state index in [2.05, 4.69) is 13.8 Å². The van der Waals surface area contributed by atoms with E-state index in [0.717, 1.165) is 25.7 Å². The Hall–Kier alpha value is -0.0900. The summed E-state index contributed by atoms with van der Waals surface area (Å²) in [6, 6.07) is 0. The highest BCUT2D eigenvalue weighted by Crippen LogP contribution is 2.13. The summed E-state index contributed by atoms with van der Waals surface area (Å²) in [5, 5.41) is -0.301.